The van der Waals surface area contributed by atoms with Crippen LogP contribution in [0, 0.1) is 6.92 Å². The van der Waals surface area contributed by atoms with Gasteiger partial charge in [0, 0.05) is 25.2 Å². The number of likely N-dealkylation sites (tertiary alicyclic amines) is 1. The molecular formula is C18H27ClN2O2. The molecule has 3 unspecified atom stereocenters. The molecule has 3 rings (SSSR count). The standard InChI is InChI=1S/C18H26N2O2.ClH/c1-3-16(22-17-7-5-4-6-13(17)2)18(21)20-11-10-14-8-9-15(12-20)19-14;/h4-7,14-16,19H,3,8-12H2,1-2H3;1H. The second-order valence-electron chi connectivity index (χ2n) is 6.49. The summed E-state index contributed by atoms with van der Waals surface area (Å²) in [4.78, 5) is 14.9. The van der Waals surface area contributed by atoms with Gasteiger partial charge in [-0.15, -0.1) is 12.4 Å². The zero-order chi connectivity index (χ0) is 15.5. The molecule has 1 N–H and O–H groups in total. The highest BCUT2D eigenvalue weighted by Gasteiger charge is 2.33. The highest BCUT2D eigenvalue weighted by molar-refractivity contribution is 5.85. The summed E-state index contributed by atoms with van der Waals surface area (Å²) in [5.74, 6) is 0.956. The number of nitrogens with zero attached hydrogens (tertiary/aromatic N) is 1. The summed E-state index contributed by atoms with van der Waals surface area (Å²) < 4.78 is 6.02. The van der Waals surface area contributed by atoms with Crippen LogP contribution in [0.4, 0.5) is 0 Å². The monoisotopic (exact) mass is 338 g/mol. The third kappa shape index (κ3) is 4.18. The van der Waals surface area contributed by atoms with E-state index in [1.165, 1.54) is 12.8 Å². The molecule has 0 radical (unpaired) electrons. The Hall–Kier alpha value is -1.26. The normalized spacial score (nSPS) is 24.5. The summed E-state index contributed by atoms with van der Waals surface area (Å²) in [6.07, 6.45) is 3.82. The Morgan fingerprint density at radius 1 is 1.30 bits per heavy atom. The number of para-hydroxylation sites is 1. The molecule has 4 nitrogen and oxygen atoms in total. The van der Waals surface area contributed by atoms with Gasteiger partial charge in [0.2, 0.25) is 0 Å². The average Bonchev–Trinajstić information content (AvgIpc) is 2.85. The maximum Gasteiger partial charge on any atom is 0.263 e. The van der Waals surface area contributed by atoms with Gasteiger partial charge in [0.25, 0.3) is 5.91 Å². The Labute approximate surface area is 145 Å². The lowest BCUT2D eigenvalue weighted by Gasteiger charge is -2.28. The number of aryl methyl sites for hydroxylation is 1. The van der Waals surface area contributed by atoms with E-state index in [9.17, 15) is 4.79 Å². The van der Waals surface area contributed by atoms with Crippen LogP contribution in [0.5, 0.6) is 5.75 Å². The van der Waals surface area contributed by atoms with Gasteiger partial charge in [-0.1, -0.05) is 25.1 Å². The zero-order valence-electron chi connectivity index (χ0n) is 14.0. The molecule has 1 aromatic carbocycles. The highest BCUT2D eigenvalue weighted by atomic mass is 35.5. The van der Waals surface area contributed by atoms with E-state index in [1.54, 1.807) is 0 Å². The van der Waals surface area contributed by atoms with Crippen LogP contribution in [0.3, 0.4) is 0 Å². The van der Waals surface area contributed by atoms with E-state index in [2.05, 4.69) is 5.32 Å². The lowest BCUT2D eigenvalue weighted by atomic mass is 10.1. The summed E-state index contributed by atoms with van der Waals surface area (Å²) in [6.45, 7) is 5.70. The quantitative estimate of drug-likeness (QED) is 0.917. The molecule has 2 bridgehead atoms. The topological polar surface area (TPSA) is 41.6 Å². The van der Waals surface area contributed by atoms with Crippen LogP contribution in [0.15, 0.2) is 24.3 Å². The molecule has 0 spiro atoms. The summed E-state index contributed by atoms with van der Waals surface area (Å²) in [5, 5.41) is 3.62. The van der Waals surface area contributed by atoms with E-state index in [4.69, 9.17) is 4.74 Å². The van der Waals surface area contributed by atoms with Gasteiger partial charge in [-0.25, -0.2) is 0 Å². The first-order chi connectivity index (χ1) is 10.7. The van der Waals surface area contributed by atoms with Crippen LogP contribution in [0.2, 0.25) is 0 Å². The molecule has 2 heterocycles. The van der Waals surface area contributed by atoms with E-state index in [0.717, 1.165) is 30.8 Å². The summed E-state index contributed by atoms with van der Waals surface area (Å²) in [6, 6.07) is 8.96. The van der Waals surface area contributed by atoms with Crippen LogP contribution >= 0.6 is 12.4 Å². The van der Waals surface area contributed by atoms with Gasteiger partial charge in [0.1, 0.15) is 5.75 Å². The van der Waals surface area contributed by atoms with E-state index < -0.39 is 0 Å². The van der Waals surface area contributed by atoms with Crippen molar-refractivity contribution in [3.63, 3.8) is 0 Å². The minimum Gasteiger partial charge on any atom is -0.480 e. The number of ether oxygens (including phenoxy) is 1. The zero-order valence-corrected chi connectivity index (χ0v) is 14.8. The van der Waals surface area contributed by atoms with Crippen LogP contribution in [-0.4, -0.2) is 42.1 Å². The molecule has 1 amide bonds. The van der Waals surface area contributed by atoms with Crippen molar-refractivity contribution in [1.82, 2.24) is 10.2 Å². The molecule has 0 aliphatic carbocycles. The van der Waals surface area contributed by atoms with Gasteiger partial charge in [-0.05, 0) is 44.2 Å². The summed E-state index contributed by atoms with van der Waals surface area (Å²) in [7, 11) is 0. The van der Waals surface area contributed by atoms with Crippen molar-refractivity contribution in [2.24, 2.45) is 0 Å². The second kappa shape index (κ2) is 8.02. The van der Waals surface area contributed by atoms with Crippen molar-refractivity contribution in [3.8, 4) is 5.75 Å². The smallest absolute Gasteiger partial charge is 0.263 e. The predicted molar refractivity (Wildman–Crippen MR) is 94.3 cm³/mol. The fraction of sp³-hybridized carbons (Fsp3) is 0.611. The third-order valence-electron chi connectivity index (χ3n) is 4.84. The number of benzene rings is 1. The van der Waals surface area contributed by atoms with Crippen molar-refractivity contribution in [2.75, 3.05) is 13.1 Å². The number of fused-ring (bicyclic) bond motifs is 2. The van der Waals surface area contributed by atoms with E-state index in [1.807, 2.05) is 43.0 Å². The summed E-state index contributed by atoms with van der Waals surface area (Å²) >= 11 is 0. The molecular weight excluding hydrogens is 312 g/mol. The van der Waals surface area contributed by atoms with Crippen molar-refractivity contribution in [2.45, 2.75) is 57.7 Å². The van der Waals surface area contributed by atoms with Crippen LogP contribution in [0.1, 0.15) is 38.2 Å². The Bertz CT molecular complexity index is 538. The van der Waals surface area contributed by atoms with Crippen molar-refractivity contribution in [1.29, 1.82) is 0 Å². The minimum absolute atomic E-state index is 0. The molecule has 2 aliphatic heterocycles. The predicted octanol–water partition coefficient (Wildman–Crippen LogP) is 2.93. The van der Waals surface area contributed by atoms with Gasteiger partial charge in [-0.2, -0.15) is 0 Å². The number of hydrogen-bond donors (Lipinski definition) is 1. The fourth-order valence-corrected chi connectivity index (χ4v) is 3.50. The van der Waals surface area contributed by atoms with Gasteiger partial charge >= 0.3 is 0 Å². The van der Waals surface area contributed by atoms with Gasteiger partial charge in [-0.3, -0.25) is 4.79 Å². The van der Waals surface area contributed by atoms with Crippen LogP contribution in [0.25, 0.3) is 0 Å². The minimum atomic E-state index is -0.377. The molecule has 2 fully saturated rings. The Morgan fingerprint density at radius 3 is 2.78 bits per heavy atom. The third-order valence-corrected chi connectivity index (χ3v) is 4.84. The SMILES string of the molecule is CCC(Oc1ccccc1C)C(=O)N1CCC2CCC(C1)N2.Cl. The molecule has 2 aliphatic rings. The highest BCUT2D eigenvalue weighted by Crippen LogP contribution is 2.23. The maximum absolute atomic E-state index is 12.8. The number of carbonyl (C=O) groups is 1. The Kier molecular flexibility index (Phi) is 6.31. The summed E-state index contributed by atoms with van der Waals surface area (Å²) in [5.41, 5.74) is 1.07. The first-order valence-electron chi connectivity index (χ1n) is 8.44. The Balaban J connectivity index is 0.00000192. The number of carbonyl (C=O) groups excluding carboxylic acids is 1. The molecule has 0 saturated carbocycles. The molecule has 3 atom stereocenters. The van der Waals surface area contributed by atoms with Crippen LogP contribution in [-0.2, 0) is 4.79 Å². The fourth-order valence-electron chi connectivity index (χ4n) is 3.50. The molecule has 1 aromatic rings. The van der Waals surface area contributed by atoms with Crippen molar-refractivity contribution in [3.05, 3.63) is 29.8 Å². The lowest BCUT2D eigenvalue weighted by Crippen LogP contribution is -2.45. The molecule has 128 valence electrons. The van der Waals surface area contributed by atoms with Crippen molar-refractivity contribution >= 4 is 18.3 Å². The van der Waals surface area contributed by atoms with E-state index in [0.29, 0.717) is 18.5 Å². The van der Waals surface area contributed by atoms with Gasteiger partial charge < -0.3 is 15.0 Å². The first-order valence-corrected chi connectivity index (χ1v) is 8.44. The number of halogens is 1. The van der Waals surface area contributed by atoms with Crippen molar-refractivity contribution < 1.29 is 9.53 Å². The maximum atomic E-state index is 12.8. The number of amides is 1. The molecule has 2 saturated heterocycles. The number of rotatable bonds is 4. The molecule has 0 aromatic heterocycles. The Morgan fingerprint density at radius 2 is 2.04 bits per heavy atom. The number of hydrogen-bond acceptors (Lipinski definition) is 3. The largest absolute Gasteiger partial charge is 0.480 e. The first kappa shape index (κ1) is 18.1. The average molecular weight is 339 g/mol. The van der Waals surface area contributed by atoms with E-state index >= 15 is 0 Å². The molecule has 23 heavy (non-hydrogen) atoms. The van der Waals surface area contributed by atoms with Gasteiger partial charge in [0.15, 0.2) is 6.10 Å². The van der Waals surface area contributed by atoms with Gasteiger partial charge in [0.05, 0.1) is 0 Å². The second-order valence-corrected chi connectivity index (χ2v) is 6.49. The van der Waals surface area contributed by atoms with E-state index in [-0.39, 0.29) is 24.4 Å². The lowest BCUT2D eigenvalue weighted by molar-refractivity contribution is -0.139. The number of nitrogens with one attached hydrogen (secondary N) is 1. The molecule has 5 heteroatoms. The van der Waals surface area contributed by atoms with Crippen LogP contribution < -0.4 is 10.1 Å².